The van der Waals surface area contributed by atoms with Crippen LogP contribution in [0, 0.1) is 0 Å². The van der Waals surface area contributed by atoms with Crippen molar-refractivity contribution in [2.75, 3.05) is 7.11 Å². The summed E-state index contributed by atoms with van der Waals surface area (Å²) in [7, 11) is 1.68. The molecule has 21 heavy (non-hydrogen) atoms. The maximum atomic E-state index is 10.8. The molecule has 1 fully saturated rings. The number of carboxylic acid groups (broad SMARTS) is 1. The van der Waals surface area contributed by atoms with E-state index < -0.39 is 5.97 Å². The van der Waals surface area contributed by atoms with Crippen LogP contribution >= 0.6 is 11.3 Å². The summed E-state index contributed by atoms with van der Waals surface area (Å²) in [5, 5.41) is 11.8. The van der Waals surface area contributed by atoms with Crippen molar-refractivity contribution in [2.45, 2.75) is 31.1 Å². The van der Waals surface area contributed by atoms with Crippen molar-refractivity contribution in [3.63, 3.8) is 0 Å². The first-order valence-corrected chi connectivity index (χ1v) is 7.84. The summed E-state index contributed by atoms with van der Waals surface area (Å²) in [6, 6.07) is 8.05. The lowest BCUT2D eigenvalue weighted by Gasteiger charge is -2.41. The number of ether oxygens (including phenoxy) is 1. The highest BCUT2D eigenvalue weighted by Crippen LogP contribution is 2.52. The summed E-state index contributed by atoms with van der Waals surface area (Å²) in [4.78, 5) is 15.4. The predicted molar refractivity (Wildman–Crippen MR) is 81.1 cm³/mol. The number of carbonyl (C=O) groups is 1. The van der Waals surface area contributed by atoms with Crippen LogP contribution in [0.1, 0.15) is 35.5 Å². The first-order chi connectivity index (χ1) is 10.2. The van der Waals surface area contributed by atoms with Crippen molar-refractivity contribution >= 4 is 17.3 Å². The molecular formula is C16H17NO3S. The molecule has 1 aromatic carbocycles. The van der Waals surface area contributed by atoms with E-state index >= 15 is 0 Å². The zero-order valence-corrected chi connectivity index (χ0v) is 12.7. The van der Waals surface area contributed by atoms with E-state index in [4.69, 9.17) is 9.84 Å². The Balaban J connectivity index is 2.00. The molecule has 3 rings (SSSR count). The van der Waals surface area contributed by atoms with Gasteiger partial charge in [-0.15, -0.1) is 11.3 Å². The minimum absolute atomic E-state index is 0.0154. The Bertz CT molecular complexity index is 661. The molecule has 0 atom stereocenters. The molecule has 0 amide bonds. The van der Waals surface area contributed by atoms with Crippen LogP contribution in [0.4, 0.5) is 0 Å². The smallest absolute Gasteiger partial charge is 0.309 e. The molecule has 5 heteroatoms. The highest BCUT2D eigenvalue weighted by atomic mass is 32.1. The molecule has 1 heterocycles. The maximum Gasteiger partial charge on any atom is 0.309 e. The fourth-order valence-electron chi connectivity index (χ4n) is 2.93. The normalized spacial score (nSPS) is 16.2. The molecule has 1 aliphatic rings. The molecule has 1 saturated carbocycles. The number of benzene rings is 1. The second kappa shape index (κ2) is 5.48. The van der Waals surface area contributed by atoms with Gasteiger partial charge < -0.3 is 9.84 Å². The number of methoxy groups -OCH3 is 1. The molecule has 1 N–H and O–H groups in total. The highest BCUT2D eigenvalue weighted by Gasteiger charge is 2.44. The van der Waals surface area contributed by atoms with Gasteiger partial charge in [0.25, 0.3) is 0 Å². The zero-order valence-electron chi connectivity index (χ0n) is 11.8. The first kappa shape index (κ1) is 14.1. The first-order valence-electron chi connectivity index (χ1n) is 6.96. The van der Waals surface area contributed by atoms with Crippen molar-refractivity contribution in [2.24, 2.45) is 0 Å². The molecule has 4 nitrogen and oxygen atoms in total. The van der Waals surface area contributed by atoms with E-state index in [0.717, 1.165) is 35.6 Å². The van der Waals surface area contributed by atoms with E-state index in [0.29, 0.717) is 5.69 Å². The van der Waals surface area contributed by atoms with Crippen LogP contribution in [0.25, 0.3) is 0 Å². The van der Waals surface area contributed by atoms with E-state index in [-0.39, 0.29) is 11.8 Å². The van der Waals surface area contributed by atoms with Gasteiger partial charge in [-0.1, -0.05) is 24.6 Å². The van der Waals surface area contributed by atoms with E-state index in [2.05, 4.69) is 11.1 Å². The molecule has 2 aromatic rings. The monoisotopic (exact) mass is 303 g/mol. The Morgan fingerprint density at radius 2 is 2.19 bits per heavy atom. The van der Waals surface area contributed by atoms with Gasteiger partial charge in [-0.3, -0.25) is 4.79 Å². The Morgan fingerprint density at radius 1 is 1.43 bits per heavy atom. The van der Waals surface area contributed by atoms with Gasteiger partial charge in [-0.2, -0.15) is 0 Å². The molecule has 0 aliphatic heterocycles. The quantitative estimate of drug-likeness (QED) is 0.921. The topological polar surface area (TPSA) is 59.4 Å². The van der Waals surface area contributed by atoms with Crippen LogP contribution in [0.3, 0.4) is 0 Å². The van der Waals surface area contributed by atoms with Crippen LogP contribution < -0.4 is 4.74 Å². The van der Waals surface area contributed by atoms with Crippen molar-refractivity contribution in [1.29, 1.82) is 0 Å². The predicted octanol–water partition coefficient (Wildman–Crippen LogP) is 3.25. The lowest BCUT2D eigenvalue weighted by atomic mass is 9.64. The number of para-hydroxylation sites is 1. The average molecular weight is 303 g/mol. The molecular weight excluding hydrogens is 286 g/mol. The minimum Gasteiger partial charge on any atom is -0.496 e. The van der Waals surface area contributed by atoms with E-state index in [9.17, 15) is 4.79 Å². The van der Waals surface area contributed by atoms with Gasteiger partial charge in [0.1, 0.15) is 10.8 Å². The molecule has 110 valence electrons. The Kier molecular flexibility index (Phi) is 3.68. The summed E-state index contributed by atoms with van der Waals surface area (Å²) in [6.07, 6.45) is 3.21. The van der Waals surface area contributed by atoms with Crippen molar-refractivity contribution in [3.8, 4) is 5.75 Å². The third-order valence-electron chi connectivity index (χ3n) is 4.12. The number of aromatic nitrogens is 1. The maximum absolute atomic E-state index is 10.8. The minimum atomic E-state index is -0.841. The summed E-state index contributed by atoms with van der Waals surface area (Å²) in [6.45, 7) is 0. The number of rotatable bonds is 5. The average Bonchev–Trinajstić information content (AvgIpc) is 2.86. The molecule has 0 bridgehead atoms. The molecule has 0 saturated heterocycles. The Labute approximate surface area is 127 Å². The van der Waals surface area contributed by atoms with Gasteiger partial charge >= 0.3 is 5.97 Å². The van der Waals surface area contributed by atoms with Gasteiger partial charge in [-0.05, 0) is 18.9 Å². The number of aliphatic carboxylic acids is 1. The third-order valence-corrected chi connectivity index (χ3v) is 5.22. The van der Waals surface area contributed by atoms with Gasteiger partial charge in [-0.25, -0.2) is 4.98 Å². The number of nitrogens with zero attached hydrogens (tertiary/aromatic N) is 1. The largest absolute Gasteiger partial charge is 0.496 e. The van der Waals surface area contributed by atoms with Gasteiger partial charge in [0.05, 0.1) is 24.6 Å². The van der Waals surface area contributed by atoms with Gasteiger partial charge in [0.15, 0.2) is 0 Å². The molecule has 1 aliphatic carbocycles. The second-order valence-electron chi connectivity index (χ2n) is 5.35. The fraction of sp³-hybridized carbons (Fsp3) is 0.375. The van der Waals surface area contributed by atoms with Gasteiger partial charge in [0, 0.05) is 10.9 Å². The molecule has 0 radical (unpaired) electrons. The number of hydrogen-bond donors (Lipinski definition) is 1. The zero-order chi connectivity index (χ0) is 14.9. The SMILES string of the molecule is COc1ccccc1C1(c2nc(CC(=O)O)cs2)CCC1. The van der Waals surface area contributed by atoms with E-state index in [1.807, 2.05) is 23.6 Å². The van der Waals surface area contributed by atoms with E-state index in [1.165, 1.54) is 0 Å². The number of carboxylic acids is 1. The van der Waals surface area contributed by atoms with E-state index in [1.54, 1.807) is 18.4 Å². The molecule has 1 aromatic heterocycles. The van der Waals surface area contributed by atoms with Crippen LogP contribution in [-0.2, 0) is 16.6 Å². The lowest BCUT2D eigenvalue weighted by Crippen LogP contribution is -2.35. The Hall–Kier alpha value is -1.88. The highest BCUT2D eigenvalue weighted by molar-refractivity contribution is 7.09. The second-order valence-corrected chi connectivity index (χ2v) is 6.21. The summed E-state index contributed by atoms with van der Waals surface area (Å²) >= 11 is 1.56. The third kappa shape index (κ3) is 2.42. The fourth-order valence-corrected chi connectivity index (χ4v) is 4.02. The number of hydrogen-bond acceptors (Lipinski definition) is 4. The summed E-state index contributed by atoms with van der Waals surface area (Å²) in [5.41, 5.74) is 1.70. The Morgan fingerprint density at radius 3 is 2.81 bits per heavy atom. The lowest BCUT2D eigenvalue weighted by molar-refractivity contribution is -0.136. The van der Waals surface area contributed by atoms with Gasteiger partial charge in [0.2, 0.25) is 0 Å². The van der Waals surface area contributed by atoms with Crippen molar-refractivity contribution in [1.82, 2.24) is 4.98 Å². The van der Waals surface area contributed by atoms with Crippen molar-refractivity contribution in [3.05, 3.63) is 45.9 Å². The summed E-state index contributed by atoms with van der Waals surface area (Å²) in [5.74, 6) is 0.0407. The van der Waals surface area contributed by atoms with Crippen LogP contribution in [0.2, 0.25) is 0 Å². The number of thiazole rings is 1. The summed E-state index contributed by atoms with van der Waals surface area (Å²) < 4.78 is 5.50. The standard InChI is InChI=1S/C16H17NO3S/c1-20-13-6-3-2-5-12(13)16(7-4-8-16)15-17-11(10-21-15)9-14(18)19/h2-3,5-6,10H,4,7-9H2,1H3,(H,18,19). The van der Waals surface area contributed by atoms with Crippen LogP contribution in [0.15, 0.2) is 29.6 Å². The van der Waals surface area contributed by atoms with Crippen LogP contribution in [-0.4, -0.2) is 23.2 Å². The van der Waals surface area contributed by atoms with Crippen LogP contribution in [0.5, 0.6) is 5.75 Å². The molecule has 0 spiro atoms. The molecule has 0 unspecified atom stereocenters. The van der Waals surface area contributed by atoms with Crippen molar-refractivity contribution < 1.29 is 14.6 Å².